The van der Waals surface area contributed by atoms with Gasteiger partial charge in [-0.3, -0.25) is 9.59 Å². The molecule has 1 heterocycles. The number of halogens is 1. The summed E-state index contributed by atoms with van der Waals surface area (Å²) in [6.07, 6.45) is 1.17. The number of amides is 1. The Labute approximate surface area is 150 Å². The maximum Gasteiger partial charge on any atom is 0.323 e. The highest BCUT2D eigenvalue weighted by Crippen LogP contribution is 2.24. The Morgan fingerprint density at radius 3 is 2.52 bits per heavy atom. The fourth-order valence-corrected chi connectivity index (χ4v) is 3.48. The SMILES string of the molecule is CCC(C)N(CC(=O)O)C(=O)c1sc(Cc2ccc(F)cc2)nc1C. The van der Waals surface area contributed by atoms with Gasteiger partial charge in [0.05, 0.1) is 10.7 Å². The third-order valence-corrected chi connectivity index (χ3v) is 5.14. The maximum absolute atomic E-state index is 13.0. The number of carbonyl (C=O) groups is 2. The van der Waals surface area contributed by atoms with Gasteiger partial charge in [-0.25, -0.2) is 9.37 Å². The van der Waals surface area contributed by atoms with Crippen molar-refractivity contribution in [2.45, 2.75) is 39.7 Å². The second kappa shape index (κ2) is 8.20. The number of carbonyl (C=O) groups excluding carboxylic acids is 1. The van der Waals surface area contributed by atoms with Gasteiger partial charge in [-0.2, -0.15) is 0 Å². The first-order valence-corrected chi connectivity index (χ1v) is 8.87. The minimum atomic E-state index is -1.04. The second-order valence-corrected chi connectivity index (χ2v) is 6.99. The summed E-state index contributed by atoms with van der Waals surface area (Å²) in [6.45, 7) is 5.15. The highest BCUT2D eigenvalue weighted by atomic mass is 32.1. The minimum Gasteiger partial charge on any atom is -0.480 e. The molecular weight excluding hydrogens is 343 g/mol. The molecule has 0 saturated carbocycles. The highest BCUT2D eigenvalue weighted by molar-refractivity contribution is 7.13. The van der Waals surface area contributed by atoms with Gasteiger partial charge in [0.1, 0.15) is 17.2 Å². The number of thiazole rings is 1. The first-order chi connectivity index (χ1) is 11.8. The first kappa shape index (κ1) is 19.1. The van der Waals surface area contributed by atoms with E-state index in [0.29, 0.717) is 23.4 Å². The lowest BCUT2D eigenvalue weighted by Crippen LogP contribution is -2.41. The molecular formula is C18H21FN2O3S. The number of carboxylic acids is 1. The van der Waals surface area contributed by atoms with Crippen molar-refractivity contribution >= 4 is 23.2 Å². The molecule has 134 valence electrons. The summed E-state index contributed by atoms with van der Waals surface area (Å²) in [5.74, 6) is -1.65. The van der Waals surface area contributed by atoms with E-state index in [-0.39, 0.29) is 24.3 Å². The van der Waals surface area contributed by atoms with Crippen LogP contribution in [0.2, 0.25) is 0 Å². The first-order valence-electron chi connectivity index (χ1n) is 8.05. The van der Waals surface area contributed by atoms with Crippen molar-refractivity contribution in [3.63, 3.8) is 0 Å². The van der Waals surface area contributed by atoms with E-state index in [4.69, 9.17) is 5.11 Å². The number of hydrogen-bond acceptors (Lipinski definition) is 4. The largest absolute Gasteiger partial charge is 0.480 e. The van der Waals surface area contributed by atoms with Gasteiger partial charge in [0.25, 0.3) is 5.91 Å². The van der Waals surface area contributed by atoms with Crippen LogP contribution in [0.3, 0.4) is 0 Å². The van der Waals surface area contributed by atoms with Gasteiger partial charge >= 0.3 is 5.97 Å². The number of aromatic nitrogens is 1. The Kier molecular flexibility index (Phi) is 6.25. The number of aryl methyl sites for hydroxylation is 1. The molecule has 0 radical (unpaired) electrons. The van der Waals surface area contributed by atoms with Gasteiger partial charge in [0.2, 0.25) is 0 Å². The van der Waals surface area contributed by atoms with Crippen LogP contribution in [-0.2, 0) is 11.2 Å². The summed E-state index contributed by atoms with van der Waals surface area (Å²) < 4.78 is 13.0. The minimum absolute atomic E-state index is 0.175. The number of benzene rings is 1. The van der Waals surface area contributed by atoms with E-state index in [9.17, 15) is 14.0 Å². The second-order valence-electron chi connectivity index (χ2n) is 5.91. The van der Waals surface area contributed by atoms with Gasteiger partial charge in [-0.1, -0.05) is 19.1 Å². The molecule has 5 nitrogen and oxygen atoms in total. The van der Waals surface area contributed by atoms with Crippen molar-refractivity contribution in [1.82, 2.24) is 9.88 Å². The van der Waals surface area contributed by atoms with Crippen LogP contribution in [0.5, 0.6) is 0 Å². The Morgan fingerprint density at radius 1 is 1.32 bits per heavy atom. The third-order valence-electron chi connectivity index (χ3n) is 3.99. The van der Waals surface area contributed by atoms with Crippen LogP contribution >= 0.6 is 11.3 Å². The Morgan fingerprint density at radius 2 is 1.96 bits per heavy atom. The number of aliphatic carboxylic acids is 1. The number of hydrogen-bond donors (Lipinski definition) is 1. The molecule has 1 atom stereocenters. The lowest BCUT2D eigenvalue weighted by molar-refractivity contribution is -0.138. The Balaban J connectivity index is 2.23. The Hall–Kier alpha value is -2.28. The lowest BCUT2D eigenvalue weighted by Gasteiger charge is -2.26. The van der Waals surface area contributed by atoms with E-state index in [2.05, 4.69) is 4.98 Å². The predicted octanol–water partition coefficient (Wildman–Crippen LogP) is 3.51. The lowest BCUT2D eigenvalue weighted by atomic mass is 10.1. The van der Waals surface area contributed by atoms with Crippen LogP contribution in [0.1, 0.15) is 46.2 Å². The average molecular weight is 364 g/mol. The Bertz CT molecular complexity index is 758. The van der Waals surface area contributed by atoms with E-state index in [0.717, 1.165) is 10.6 Å². The summed E-state index contributed by atoms with van der Waals surface area (Å²) in [4.78, 5) is 30.1. The molecule has 2 rings (SSSR count). The van der Waals surface area contributed by atoms with E-state index in [1.165, 1.54) is 28.4 Å². The van der Waals surface area contributed by atoms with Gasteiger partial charge in [-0.15, -0.1) is 11.3 Å². The number of nitrogens with zero attached hydrogens (tertiary/aromatic N) is 2. The standard InChI is InChI=1S/C18H21FN2O3S/c1-4-11(2)21(10-16(22)23)18(24)17-12(3)20-15(25-17)9-13-5-7-14(19)8-6-13/h5-8,11H,4,9-10H2,1-3H3,(H,22,23). The van der Waals surface area contributed by atoms with Crippen molar-refractivity contribution in [3.05, 3.63) is 51.2 Å². The van der Waals surface area contributed by atoms with Gasteiger partial charge in [0.15, 0.2) is 0 Å². The summed E-state index contributed by atoms with van der Waals surface area (Å²) in [5, 5.41) is 9.82. The van der Waals surface area contributed by atoms with Crippen LogP contribution in [-0.4, -0.2) is 39.5 Å². The zero-order valence-corrected chi connectivity index (χ0v) is 15.3. The van der Waals surface area contributed by atoms with Gasteiger partial charge in [-0.05, 0) is 38.0 Å². The van der Waals surface area contributed by atoms with Crippen molar-refractivity contribution in [2.24, 2.45) is 0 Å². The predicted molar refractivity (Wildman–Crippen MR) is 94.5 cm³/mol. The molecule has 1 aromatic heterocycles. The summed E-state index contributed by atoms with van der Waals surface area (Å²) in [7, 11) is 0. The third kappa shape index (κ3) is 4.85. The zero-order chi connectivity index (χ0) is 18.6. The highest BCUT2D eigenvalue weighted by Gasteiger charge is 2.26. The topological polar surface area (TPSA) is 70.5 Å². The molecule has 1 unspecified atom stereocenters. The summed E-state index contributed by atoms with van der Waals surface area (Å²) in [5.41, 5.74) is 1.49. The summed E-state index contributed by atoms with van der Waals surface area (Å²) in [6, 6.07) is 5.97. The fourth-order valence-electron chi connectivity index (χ4n) is 2.43. The van der Waals surface area contributed by atoms with Gasteiger partial charge in [0, 0.05) is 12.5 Å². The van der Waals surface area contributed by atoms with Crippen LogP contribution in [0.4, 0.5) is 4.39 Å². The van der Waals surface area contributed by atoms with Gasteiger partial charge < -0.3 is 10.0 Å². The molecule has 0 aliphatic carbocycles. The molecule has 0 bridgehead atoms. The molecule has 7 heteroatoms. The van der Waals surface area contributed by atoms with Crippen LogP contribution in [0, 0.1) is 12.7 Å². The molecule has 2 aromatic rings. The van der Waals surface area contributed by atoms with Crippen molar-refractivity contribution in [1.29, 1.82) is 0 Å². The average Bonchev–Trinajstić information content (AvgIpc) is 2.93. The molecule has 1 N–H and O–H groups in total. The van der Waals surface area contributed by atoms with Crippen molar-refractivity contribution in [3.8, 4) is 0 Å². The molecule has 0 aliphatic heterocycles. The van der Waals surface area contributed by atoms with E-state index >= 15 is 0 Å². The van der Waals surface area contributed by atoms with E-state index < -0.39 is 5.97 Å². The molecule has 1 aromatic carbocycles. The monoisotopic (exact) mass is 364 g/mol. The number of carboxylic acid groups (broad SMARTS) is 1. The maximum atomic E-state index is 13.0. The van der Waals surface area contributed by atoms with Crippen LogP contribution < -0.4 is 0 Å². The normalized spacial score (nSPS) is 12.0. The fraction of sp³-hybridized carbons (Fsp3) is 0.389. The van der Waals surface area contributed by atoms with Crippen molar-refractivity contribution in [2.75, 3.05) is 6.54 Å². The molecule has 25 heavy (non-hydrogen) atoms. The van der Waals surface area contributed by atoms with Crippen molar-refractivity contribution < 1.29 is 19.1 Å². The zero-order valence-electron chi connectivity index (χ0n) is 14.5. The molecule has 0 fully saturated rings. The summed E-state index contributed by atoms with van der Waals surface area (Å²) >= 11 is 1.26. The molecule has 0 spiro atoms. The molecule has 1 amide bonds. The number of rotatable bonds is 7. The van der Waals surface area contributed by atoms with Crippen LogP contribution in [0.25, 0.3) is 0 Å². The van der Waals surface area contributed by atoms with E-state index in [1.807, 2.05) is 13.8 Å². The van der Waals surface area contributed by atoms with E-state index in [1.54, 1.807) is 19.1 Å². The smallest absolute Gasteiger partial charge is 0.323 e. The van der Waals surface area contributed by atoms with Crippen LogP contribution in [0.15, 0.2) is 24.3 Å². The molecule has 0 aliphatic rings. The quantitative estimate of drug-likeness (QED) is 0.816. The molecule has 0 saturated heterocycles.